The number of hydrogen-bond donors (Lipinski definition) is 1. The van der Waals surface area contributed by atoms with Crippen LogP contribution in [-0.4, -0.2) is 6.54 Å². The molecule has 1 fully saturated rings. The number of rotatable bonds is 1. The third-order valence-electron chi connectivity index (χ3n) is 5.17. The fraction of sp³-hybridized carbons (Fsp3) is 0.625. The van der Waals surface area contributed by atoms with Crippen LogP contribution in [0.25, 0.3) is 0 Å². The van der Waals surface area contributed by atoms with Gasteiger partial charge in [-0.25, -0.2) is 0 Å². The topological polar surface area (TPSA) is 26.0 Å². The summed E-state index contributed by atoms with van der Waals surface area (Å²) < 4.78 is 1.32. The lowest BCUT2D eigenvalue weighted by Gasteiger charge is -2.48. The van der Waals surface area contributed by atoms with Crippen LogP contribution in [-0.2, 0) is 11.8 Å². The summed E-state index contributed by atoms with van der Waals surface area (Å²) in [5.41, 5.74) is 9.65. The molecule has 0 aromatic heterocycles. The maximum atomic E-state index is 6.10. The SMILES string of the molecule is NCC1CCc2cccc(Br)c2C12CCCCC2. The van der Waals surface area contributed by atoms with E-state index in [0.717, 1.165) is 6.54 Å². The van der Waals surface area contributed by atoms with Gasteiger partial charge in [-0.15, -0.1) is 0 Å². The molecule has 0 aliphatic heterocycles. The van der Waals surface area contributed by atoms with Crippen molar-refractivity contribution >= 4 is 15.9 Å². The number of halogens is 1. The quantitative estimate of drug-likeness (QED) is 0.828. The van der Waals surface area contributed by atoms with Crippen LogP contribution in [0.3, 0.4) is 0 Å². The van der Waals surface area contributed by atoms with E-state index in [2.05, 4.69) is 34.1 Å². The lowest BCUT2D eigenvalue weighted by atomic mass is 9.57. The molecule has 2 heteroatoms. The maximum Gasteiger partial charge on any atom is 0.0215 e. The molecule has 0 radical (unpaired) electrons. The smallest absolute Gasteiger partial charge is 0.0215 e. The molecule has 0 heterocycles. The van der Waals surface area contributed by atoms with Crippen molar-refractivity contribution in [3.8, 4) is 0 Å². The zero-order chi connectivity index (χ0) is 12.6. The van der Waals surface area contributed by atoms with E-state index in [9.17, 15) is 0 Å². The van der Waals surface area contributed by atoms with E-state index in [0.29, 0.717) is 11.3 Å². The van der Waals surface area contributed by atoms with Crippen molar-refractivity contribution in [1.82, 2.24) is 0 Å². The first kappa shape index (κ1) is 12.7. The predicted octanol–water partition coefficient (Wildman–Crippen LogP) is 4.17. The normalized spacial score (nSPS) is 26.0. The van der Waals surface area contributed by atoms with E-state index in [1.54, 1.807) is 11.1 Å². The molecule has 1 nitrogen and oxygen atoms in total. The molecule has 0 amide bonds. The van der Waals surface area contributed by atoms with Crippen LogP contribution in [0.2, 0.25) is 0 Å². The minimum Gasteiger partial charge on any atom is -0.330 e. The minimum absolute atomic E-state index is 0.376. The van der Waals surface area contributed by atoms with Crippen molar-refractivity contribution in [2.24, 2.45) is 11.7 Å². The average Bonchev–Trinajstić information content (AvgIpc) is 2.40. The van der Waals surface area contributed by atoms with Crippen molar-refractivity contribution in [2.75, 3.05) is 6.54 Å². The molecular formula is C16H22BrN. The van der Waals surface area contributed by atoms with E-state index in [1.165, 1.54) is 49.4 Å². The van der Waals surface area contributed by atoms with E-state index in [4.69, 9.17) is 5.73 Å². The third-order valence-corrected chi connectivity index (χ3v) is 5.83. The summed E-state index contributed by atoms with van der Waals surface area (Å²) in [5.74, 6) is 0.684. The highest BCUT2D eigenvalue weighted by molar-refractivity contribution is 9.10. The van der Waals surface area contributed by atoms with Crippen molar-refractivity contribution in [3.05, 3.63) is 33.8 Å². The molecule has 0 saturated heterocycles. The number of benzene rings is 1. The molecule has 1 atom stereocenters. The van der Waals surface area contributed by atoms with Crippen LogP contribution in [0, 0.1) is 5.92 Å². The number of hydrogen-bond acceptors (Lipinski definition) is 1. The van der Waals surface area contributed by atoms with Gasteiger partial charge in [0.1, 0.15) is 0 Å². The summed E-state index contributed by atoms with van der Waals surface area (Å²) in [6.07, 6.45) is 9.31. The third kappa shape index (κ3) is 1.85. The van der Waals surface area contributed by atoms with Gasteiger partial charge >= 0.3 is 0 Å². The van der Waals surface area contributed by atoms with Gasteiger partial charge in [0.25, 0.3) is 0 Å². The second-order valence-electron chi connectivity index (χ2n) is 5.96. The lowest BCUT2D eigenvalue weighted by Crippen LogP contribution is -2.44. The highest BCUT2D eigenvalue weighted by Gasteiger charge is 2.44. The fourth-order valence-electron chi connectivity index (χ4n) is 4.33. The summed E-state index contributed by atoms with van der Waals surface area (Å²) in [6.45, 7) is 0.848. The van der Waals surface area contributed by atoms with Gasteiger partial charge in [-0.2, -0.15) is 0 Å². The van der Waals surface area contributed by atoms with Gasteiger partial charge in [0.05, 0.1) is 0 Å². The Bertz CT molecular complexity index is 435. The summed E-state index contributed by atoms with van der Waals surface area (Å²) in [7, 11) is 0. The first-order chi connectivity index (χ1) is 8.78. The first-order valence-corrected chi connectivity index (χ1v) is 8.05. The molecule has 3 rings (SSSR count). The van der Waals surface area contributed by atoms with Crippen molar-refractivity contribution < 1.29 is 0 Å². The van der Waals surface area contributed by atoms with Crippen molar-refractivity contribution in [1.29, 1.82) is 0 Å². The zero-order valence-electron chi connectivity index (χ0n) is 10.9. The van der Waals surface area contributed by atoms with Gasteiger partial charge in [0.2, 0.25) is 0 Å². The summed E-state index contributed by atoms with van der Waals surface area (Å²) in [6, 6.07) is 6.72. The standard InChI is InChI=1S/C16H22BrN/c17-14-6-4-5-12-7-8-13(11-18)16(15(12)14)9-2-1-3-10-16/h4-6,13H,1-3,7-11,18H2. The summed E-state index contributed by atoms with van der Waals surface area (Å²) >= 11 is 3.81. The molecule has 1 unspecified atom stereocenters. The van der Waals surface area contributed by atoms with E-state index in [-0.39, 0.29) is 0 Å². The Morgan fingerprint density at radius 1 is 1.22 bits per heavy atom. The molecule has 1 saturated carbocycles. The Kier molecular flexibility index (Phi) is 3.50. The van der Waals surface area contributed by atoms with Crippen LogP contribution in [0.4, 0.5) is 0 Å². The molecule has 2 N–H and O–H groups in total. The molecule has 1 aromatic carbocycles. The monoisotopic (exact) mass is 307 g/mol. The van der Waals surface area contributed by atoms with Crippen LogP contribution < -0.4 is 5.73 Å². The van der Waals surface area contributed by atoms with Gasteiger partial charge < -0.3 is 5.73 Å². The average molecular weight is 308 g/mol. The van der Waals surface area contributed by atoms with E-state index >= 15 is 0 Å². The molecule has 18 heavy (non-hydrogen) atoms. The van der Waals surface area contributed by atoms with Gasteiger partial charge in [-0.05, 0) is 55.3 Å². The largest absolute Gasteiger partial charge is 0.330 e. The Hall–Kier alpha value is -0.340. The molecule has 2 aliphatic carbocycles. The van der Waals surface area contributed by atoms with Crippen LogP contribution in [0.1, 0.15) is 49.7 Å². The first-order valence-electron chi connectivity index (χ1n) is 7.26. The summed E-state index contributed by atoms with van der Waals surface area (Å²) in [4.78, 5) is 0. The van der Waals surface area contributed by atoms with Crippen molar-refractivity contribution in [2.45, 2.75) is 50.4 Å². The molecule has 98 valence electrons. The molecule has 1 spiro atoms. The summed E-state index contributed by atoms with van der Waals surface area (Å²) in [5, 5.41) is 0. The number of aryl methyl sites for hydroxylation is 1. The van der Waals surface area contributed by atoms with Gasteiger partial charge in [0.15, 0.2) is 0 Å². The van der Waals surface area contributed by atoms with Crippen LogP contribution in [0.15, 0.2) is 22.7 Å². The second kappa shape index (κ2) is 4.97. The van der Waals surface area contributed by atoms with Crippen LogP contribution >= 0.6 is 15.9 Å². The molecular weight excluding hydrogens is 286 g/mol. The van der Waals surface area contributed by atoms with E-state index < -0.39 is 0 Å². The fourth-order valence-corrected chi connectivity index (χ4v) is 5.13. The Morgan fingerprint density at radius 2 is 2.00 bits per heavy atom. The van der Waals surface area contributed by atoms with E-state index in [1.807, 2.05) is 0 Å². The zero-order valence-corrected chi connectivity index (χ0v) is 12.5. The number of nitrogens with two attached hydrogens (primary N) is 1. The van der Waals surface area contributed by atoms with Crippen LogP contribution in [0.5, 0.6) is 0 Å². The molecule has 0 bridgehead atoms. The second-order valence-corrected chi connectivity index (χ2v) is 6.82. The minimum atomic E-state index is 0.376. The molecule has 1 aromatic rings. The van der Waals surface area contributed by atoms with Gasteiger partial charge in [-0.1, -0.05) is 47.3 Å². The lowest BCUT2D eigenvalue weighted by molar-refractivity contribution is 0.170. The predicted molar refractivity (Wildman–Crippen MR) is 79.8 cm³/mol. The maximum absolute atomic E-state index is 6.10. The Labute approximate surface area is 118 Å². The van der Waals surface area contributed by atoms with Gasteiger partial charge in [-0.3, -0.25) is 0 Å². The van der Waals surface area contributed by atoms with Crippen molar-refractivity contribution in [3.63, 3.8) is 0 Å². The molecule has 2 aliphatic rings. The highest BCUT2D eigenvalue weighted by Crippen LogP contribution is 2.52. The number of fused-ring (bicyclic) bond motifs is 2. The van der Waals surface area contributed by atoms with Gasteiger partial charge in [0, 0.05) is 9.89 Å². The Morgan fingerprint density at radius 3 is 2.72 bits per heavy atom. The highest BCUT2D eigenvalue weighted by atomic mass is 79.9. The Balaban J connectivity index is 2.13.